The summed E-state index contributed by atoms with van der Waals surface area (Å²) in [7, 11) is 0. The second-order valence-electron chi connectivity index (χ2n) is 9.62. The Morgan fingerprint density at radius 1 is 1.08 bits per heavy atom. The molecular weight excluding hydrogens is 492 g/mol. The van der Waals surface area contributed by atoms with Crippen LogP contribution in [0.2, 0.25) is 0 Å². The van der Waals surface area contributed by atoms with E-state index in [9.17, 15) is 4.79 Å². The molecule has 6 rings (SSSR count). The summed E-state index contributed by atoms with van der Waals surface area (Å²) in [4.78, 5) is 16.4. The summed E-state index contributed by atoms with van der Waals surface area (Å²) in [5.74, 6) is 0.880. The van der Waals surface area contributed by atoms with E-state index in [0.717, 1.165) is 57.1 Å². The summed E-state index contributed by atoms with van der Waals surface area (Å²) in [6, 6.07) is 22.2. The Kier molecular flexibility index (Phi) is 6.85. The minimum atomic E-state index is -0.278. The van der Waals surface area contributed by atoms with Gasteiger partial charge in [-0.05, 0) is 54.1 Å². The second kappa shape index (κ2) is 10.7. The van der Waals surface area contributed by atoms with Crippen molar-refractivity contribution in [3.8, 4) is 16.9 Å². The van der Waals surface area contributed by atoms with Gasteiger partial charge in [-0.1, -0.05) is 42.5 Å². The van der Waals surface area contributed by atoms with E-state index in [1.807, 2.05) is 42.5 Å². The molecule has 1 aliphatic rings. The number of aromatic nitrogens is 3. The minimum Gasteiger partial charge on any atom is -0.487 e. The van der Waals surface area contributed by atoms with E-state index in [4.69, 9.17) is 25.0 Å². The maximum absolute atomic E-state index is 12.1. The highest BCUT2D eigenvalue weighted by atomic mass is 16.5. The first-order valence-electron chi connectivity index (χ1n) is 13.2. The number of anilines is 1. The van der Waals surface area contributed by atoms with Gasteiger partial charge in [0.05, 0.1) is 31.2 Å². The van der Waals surface area contributed by atoms with Crippen LogP contribution < -0.4 is 10.5 Å². The van der Waals surface area contributed by atoms with Crippen molar-refractivity contribution in [1.82, 2.24) is 14.8 Å². The molecule has 0 spiro atoms. The molecule has 198 valence electrons. The molecule has 0 amide bonds. The molecule has 39 heavy (non-hydrogen) atoms. The Bertz CT molecular complexity index is 1660. The molecule has 2 aromatic heterocycles. The third-order valence-electron chi connectivity index (χ3n) is 7.16. The predicted octanol–water partition coefficient (Wildman–Crippen LogP) is 5.48. The lowest BCUT2D eigenvalue weighted by molar-refractivity contribution is -0.142. The van der Waals surface area contributed by atoms with Gasteiger partial charge in [-0.15, -0.1) is 0 Å². The molecule has 0 bridgehead atoms. The smallest absolute Gasteiger partial charge is 0.310 e. The molecule has 8 nitrogen and oxygen atoms in total. The molecule has 5 aromatic rings. The van der Waals surface area contributed by atoms with E-state index in [1.54, 1.807) is 13.1 Å². The zero-order chi connectivity index (χ0) is 26.8. The van der Waals surface area contributed by atoms with Gasteiger partial charge in [-0.25, -0.2) is 4.98 Å². The van der Waals surface area contributed by atoms with Crippen LogP contribution in [0.3, 0.4) is 0 Å². The number of ether oxygens (including phenoxy) is 3. The van der Waals surface area contributed by atoms with Gasteiger partial charge in [0, 0.05) is 29.1 Å². The van der Waals surface area contributed by atoms with Crippen molar-refractivity contribution in [3.63, 3.8) is 0 Å². The van der Waals surface area contributed by atoms with Gasteiger partial charge in [0.25, 0.3) is 0 Å². The maximum Gasteiger partial charge on any atom is 0.310 e. The Morgan fingerprint density at radius 3 is 2.82 bits per heavy atom. The highest BCUT2D eigenvalue weighted by molar-refractivity contribution is 6.02. The molecule has 8 heteroatoms. The first-order valence-corrected chi connectivity index (χ1v) is 13.2. The zero-order valence-corrected chi connectivity index (χ0v) is 21.8. The quantitative estimate of drug-likeness (QED) is 0.269. The summed E-state index contributed by atoms with van der Waals surface area (Å²) in [5, 5.41) is 8.00. The van der Waals surface area contributed by atoms with Crippen molar-refractivity contribution in [3.05, 3.63) is 84.2 Å². The summed E-state index contributed by atoms with van der Waals surface area (Å²) >= 11 is 0. The van der Waals surface area contributed by atoms with Crippen molar-refractivity contribution in [1.29, 1.82) is 0 Å². The Balaban J connectivity index is 1.39. The van der Waals surface area contributed by atoms with Crippen molar-refractivity contribution in [2.45, 2.75) is 32.4 Å². The molecule has 1 aliphatic heterocycles. The van der Waals surface area contributed by atoms with Crippen LogP contribution >= 0.6 is 0 Å². The number of carbonyl (C=O) groups is 1. The lowest BCUT2D eigenvalue weighted by atomic mass is 9.97. The summed E-state index contributed by atoms with van der Waals surface area (Å²) < 4.78 is 19.2. The van der Waals surface area contributed by atoms with Gasteiger partial charge < -0.3 is 19.9 Å². The van der Waals surface area contributed by atoms with Crippen LogP contribution in [0.15, 0.2) is 72.9 Å². The van der Waals surface area contributed by atoms with Crippen LogP contribution in [0.25, 0.3) is 32.8 Å². The normalized spacial score (nSPS) is 15.2. The Hall–Kier alpha value is -4.43. The maximum atomic E-state index is 12.1. The van der Waals surface area contributed by atoms with Gasteiger partial charge >= 0.3 is 5.97 Å². The van der Waals surface area contributed by atoms with Crippen LogP contribution in [0.4, 0.5) is 5.82 Å². The largest absolute Gasteiger partial charge is 0.487 e. The molecule has 1 fully saturated rings. The highest BCUT2D eigenvalue weighted by Crippen LogP contribution is 2.35. The topological polar surface area (TPSA) is 101 Å². The van der Waals surface area contributed by atoms with E-state index in [2.05, 4.69) is 33.9 Å². The van der Waals surface area contributed by atoms with Gasteiger partial charge in [0.15, 0.2) is 0 Å². The third-order valence-corrected chi connectivity index (χ3v) is 7.16. The van der Waals surface area contributed by atoms with Crippen LogP contribution in [0.5, 0.6) is 5.75 Å². The average molecular weight is 523 g/mol. The minimum absolute atomic E-state index is 0.155. The fourth-order valence-electron chi connectivity index (χ4n) is 5.26. The second-order valence-corrected chi connectivity index (χ2v) is 9.62. The number of hydrogen-bond acceptors (Lipinski definition) is 7. The lowest BCUT2D eigenvalue weighted by Gasteiger charge is -2.11. The van der Waals surface area contributed by atoms with Crippen molar-refractivity contribution in [2.24, 2.45) is 0 Å². The number of fused-ring (bicyclic) bond motifs is 2. The van der Waals surface area contributed by atoms with Crippen LogP contribution in [0, 0.1) is 0 Å². The van der Waals surface area contributed by atoms with Crippen LogP contribution in [-0.4, -0.2) is 40.6 Å². The standard InChI is InChI=1S/C31H30N4O4/c1-2-38-30(36)17-21-6-3-4-9-29(21)39-19-27-26-16-20(10-11-28(26)35(34-27)22-13-15-37-18-22)23-7-5-8-25-24(23)12-14-33-31(25)32/h3-12,14,16,22H,2,13,15,17-19H2,1H3,(H2,32,33)/t22-/m1/s1. The molecule has 1 atom stereocenters. The monoisotopic (exact) mass is 522 g/mol. The summed E-state index contributed by atoms with van der Waals surface area (Å²) in [6.45, 7) is 3.76. The van der Waals surface area contributed by atoms with E-state index in [1.165, 1.54) is 0 Å². The Labute approximate surface area is 226 Å². The van der Waals surface area contributed by atoms with Gasteiger partial charge in [0.2, 0.25) is 0 Å². The Morgan fingerprint density at radius 2 is 1.97 bits per heavy atom. The molecule has 3 heterocycles. The number of pyridine rings is 1. The number of nitrogen functional groups attached to an aromatic ring is 1. The highest BCUT2D eigenvalue weighted by Gasteiger charge is 2.23. The van der Waals surface area contributed by atoms with Crippen molar-refractivity contribution in [2.75, 3.05) is 25.6 Å². The van der Waals surface area contributed by atoms with Gasteiger partial charge in [-0.3, -0.25) is 9.48 Å². The average Bonchev–Trinajstić information content (AvgIpc) is 3.61. The van der Waals surface area contributed by atoms with Gasteiger partial charge in [0.1, 0.15) is 23.9 Å². The number of benzene rings is 3. The number of rotatable bonds is 8. The van der Waals surface area contributed by atoms with E-state index >= 15 is 0 Å². The van der Waals surface area contributed by atoms with Crippen molar-refractivity contribution >= 4 is 33.5 Å². The third kappa shape index (κ3) is 4.91. The molecule has 1 saturated heterocycles. The molecular formula is C31H30N4O4. The van der Waals surface area contributed by atoms with E-state index in [0.29, 0.717) is 24.8 Å². The zero-order valence-electron chi connectivity index (χ0n) is 21.8. The SMILES string of the molecule is CCOC(=O)Cc1ccccc1OCc1nn([C@@H]2CCOC2)c2ccc(-c3cccc4c(N)nccc34)cc12. The van der Waals surface area contributed by atoms with Gasteiger partial charge in [-0.2, -0.15) is 5.10 Å². The van der Waals surface area contributed by atoms with Crippen LogP contribution in [0.1, 0.15) is 30.6 Å². The summed E-state index contributed by atoms with van der Waals surface area (Å²) in [6.07, 6.45) is 2.81. The molecule has 3 aromatic carbocycles. The van der Waals surface area contributed by atoms with E-state index < -0.39 is 0 Å². The van der Waals surface area contributed by atoms with Crippen LogP contribution in [-0.2, 0) is 27.3 Å². The number of esters is 1. The fourth-order valence-corrected chi connectivity index (χ4v) is 5.26. The number of para-hydroxylation sites is 1. The number of nitrogens with zero attached hydrogens (tertiary/aromatic N) is 3. The summed E-state index contributed by atoms with van der Waals surface area (Å²) in [5.41, 5.74) is 10.9. The number of nitrogens with two attached hydrogens (primary N) is 1. The number of hydrogen-bond donors (Lipinski definition) is 1. The first-order chi connectivity index (χ1) is 19.1. The van der Waals surface area contributed by atoms with E-state index in [-0.39, 0.29) is 25.0 Å². The predicted molar refractivity (Wildman–Crippen MR) is 150 cm³/mol. The molecule has 0 radical (unpaired) electrons. The lowest BCUT2D eigenvalue weighted by Crippen LogP contribution is -2.11. The molecule has 0 unspecified atom stereocenters. The first kappa shape index (κ1) is 24.9. The fraction of sp³-hybridized carbons (Fsp3) is 0.258. The molecule has 2 N–H and O–H groups in total. The number of carbonyl (C=O) groups excluding carboxylic acids is 1. The van der Waals surface area contributed by atoms with Crippen molar-refractivity contribution < 1.29 is 19.0 Å². The molecule has 0 saturated carbocycles. The molecule has 0 aliphatic carbocycles.